The fourth-order valence-electron chi connectivity index (χ4n) is 4.15. The number of hydrogen-bond acceptors (Lipinski definition) is 4. The van der Waals surface area contributed by atoms with Gasteiger partial charge < -0.3 is 19.3 Å². The minimum absolute atomic E-state index is 0.00179. The number of carbonyl (C=O) groups excluding carboxylic acids is 2. The van der Waals surface area contributed by atoms with Gasteiger partial charge in [-0.25, -0.2) is 0 Å². The third-order valence-corrected chi connectivity index (χ3v) is 6.15. The van der Waals surface area contributed by atoms with Gasteiger partial charge in [-0.15, -0.1) is 0 Å². The Morgan fingerprint density at radius 2 is 1.77 bits per heavy atom. The zero-order valence-electron chi connectivity index (χ0n) is 17.6. The second-order valence-electron chi connectivity index (χ2n) is 8.18. The number of hydrogen-bond donors (Lipinski definition) is 0. The molecule has 2 saturated heterocycles. The third-order valence-electron chi connectivity index (χ3n) is 5.61. The summed E-state index contributed by atoms with van der Waals surface area (Å²) in [6.07, 6.45) is 2.62. The number of piperidine rings is 1. The van der Waals surface area contributed by atoms with Crippen molar-refractivity contribution < 1.29 is 19.1 Å². The summed E-state index contributed by atoms with van der Waals surface area (Å²) in [6.45, 7) is 6.99. The molecule has 166 valence electrons. The number of nitrogens with zero attached hydrogens (tertiary/aromatic N) is 2. The first-order valence-corrected chi connectivity index (χ1v) is 11.4. The molecule has 2 amide bonds. The number of rotatable bonds is 6. The number of likely N-dealkylation sites (tertiary alicyclic amines) is 1. The summed E-state index contributed by atoms with van der Waals surface area (Å²) in [5, 5.41) is 1.02. The topological polar surface area (TPSA) is 59.1 Å². The molecule has 6 nitrogen and oxygen atoms in total. The highest BCUT2D eigenvalue weighted by Gasteiger charge is 2.33. The standard InChI is InChI=1S/C22H30Cl2N2O4/c1-15-13-26(14-16(2)30-15)22(28)17-7-9-25(10-8-17)21(27)4-3-11-29-20-6-5-18(23)12-19(20)24/h5-6,12,15-17H,3-4,7-11,13-14H2,1-2H3. The molecule has 0 aromatic heterocycles. The highest BCUT2D eigenvalue weighted by molar-refractivity contribution is 6.35. The van der Waals surface area contributed by atoms with E-state index in [1.807, 2.05) is 23.6 Å². The van der Waals surface area contributed by atoms with Crippen LogP contribution in [0.15, 0.2) is 18.2 Å². The number of amides is 2. The first-order valence-electron chi connectivity index (χ1n) is 10.6. The number of morpholine rings is 1. The number of ether oxygens (including phenoxy) is 2. The highest BCUT2D eigenvalue weighted by Crippen LogP contribution is 2.28. The molecule has 8 heteroatoms. The predicted molar refractivity (Wildman–Crippen MR) is 117 cm³/mol. The molecule has 0 saturated carbocycles. The van der Waals surface area contributed by atoms with E-state index in [2.05, 4.69) is 0 Å². The summed E-state index contributed by atoms with van der Waals surface area (Å²) in [6, 6.07) is 5.08. The van der Waals surface area contributed by atoms with Crippen molar-refractivity contribution in [3.63, 3.8) is 0 Å². The van der Waals surface area contributed by atoms with E-state index >= 15 is 0 Å². The van der Waals surface area contributed by atoms with Crippen LogP contribution < -0.4 is 4.74 Å². The van der Waals surface area contributed by atoms with Gasteiger partial charge in [0, 0.05) is 43.5 Å². The molecule has 2 aliphatic rings. The van der Waals surface area contributed by atoms with Gasteiger partial charge >= 0.3 is 0 Å². The van der Waals surface area contributed by atoms with Crippen LogP contribution in [-0.2, 0) is 14.3 Å². The summed E-state index contributed by atoms with van der Waals surface area (Å²) in [5.41, 5.74) is 0. The average Bonchev–Trinajstić information content (AvgIpc) is 2.71. The van der Waals surface area contributed by atoms with Crippen LogP contribution in [0.4, 0.5) is 0 Å². The van der Waals surface area contributed by atoms with E-state index in [4.69, 9.17) is 32.7 Å². The molecule has 1 aromatic carbocycles. The fraction of sp³-hybridized carbons (Fsp3) is 0.636. The van der Waals surface area contributed by atoms with Crippen LogP contribution in [0.2, 0.25) is 10.0 Å². The Morgan fingerprint density at radius 3 is 2.40 bits per heavy atom. The molecular formula is C22H30Cl2N2O4. The highest BCUT2D eigenvalue weighted by atomic mass is 35.5. The molecule has 2 atom stereocenters. The van der Waals surface area contributed by atoms with Crippen molar-refractivity contribution in [2.45, 2.75) is 51.7 Å². The average molecular weight is 457 g/mol. The maximum atomic E-state index is 12.8. The molecule has 0 bridgehead atoms. The van der Waals surface area contributed by atoms with E-state index in [9.17, 15) is 9.59 Å². The van der Waals surface area contributed by atoms with Crippen molar-refractivity contribution in [2.75, 3.05) is 32.8 Å². The van der Waals surface area contributed by atoms with Gasteiger partial charge in [-0.1, -0.05) is 23.2 Å². The molecule has 3 rings (SSSR count). The second kappa shape index (κ2) is 10.7. The quantitative estimate of drug-likeness (QED) is 0.606. The fourth-order valence-corrected chi connectivity index (χ4v) is 4.61. The van der Waals surface area contributed by atoms with Gasteiger partial charge in [-0.2, -0.15) is 0 Å². The zero-order valence-corrected chi connectivity index (χ0v) is 19.1. The van der Waals surface area contributed by atoms with Crippen molar-refractivity contribution in [3.8, 4) is 5.75 Å². The van der Waals surface area contributed by atoms with Gasteiger partial charge in [-0.05, 0) is 51.3 Å². The lowest BCUT2D eigenvalue weighted by Gasteiger charge is -2.39. The van der Waals surface area contributed by atoms with Gasteiger partial charge in [0.2, 0.25) is 11.8 Å². The normalized spacial score (nSPS) is 22.8. The lowest BCUT2D eigenvalue weighted by Crippen LogP contribution is -2.51. The molecule has 0 N–H and O–H groups in total. The maximum absolute atomic E-state index is 12.8. The second-order valence-corrected chi connectivity index (χ2v) is 9.03. The molecule has 2 unspecified atom stereocenters. The van der Waals surface area contributed by atoms with Crippen molar-refractivity contribution in [3.05, 3.63) is 28.2 Å². The Labute approximate surface area is 188 Å². The molecule has 2 aliphatic heterocycles. The Kier molecular flexibility index (Phi) is 8.26. The van der Waals surface area contributed by atoms with Crippen LogP contribution in [0.1, 0.15) is 39.5 Å². The molecule has 0 spiro atoms. The van der Waals surface area contributed by atoms with Crippen molar-refractivity contribution in [1.82, 2.24) is 9.80 Å². The summed E-state index contributed by atoms with van der Waals surface area (Å²) in [7, 11) is 0. The predicted octanol–water partition coefficient (Wildman–Crippen LogP) is 4.03. The van der Waals surface area contributed by atoms with E-state index < -0.39 is 0 Å². The summed E-state index contributed by atoms with van der Waals surface area (Å²) in [4.78, 5) is 29.1. The van der Waals surface area contributed by atoms with Crippen LogP contribution >= 0.6 is 23.2 Å². The SMILES string of the molecule is CC1CN(C(=O)C2CCN(C(=O)CCCOc3ccc(Cl)cc3Cl)CC2)CC(C)O1. The van der Waals surface area contributed by atoms with Gasteiger partial charge in [0.25, 0.3) is 0 Å². The van der Waals surface area contributed by atoms with Crippen molar-refractivity contribution >= 4 is 35.0 Å². The van der Waals surface area contributed by atoms with Crippen LogP contribution in [0, 0.1) is 5.92 Å². The van der Waals surface area contributed by atoms with E-state index in [1.165, 1.54) is 0 Å². The smallest absolute Gasteiger partial charge is 0.225 e. The van der Waals surface area contributed by atoms with Gasteiger partial charge in [0.15, 0.2) is 0 Å². The Balaban J connectivity index is 1.37. The maximum Gasteiger partial charge on any atom is 0.225 e. The van der Waals surface area contributed by atoms with Gasteiger partial charge in [-0.3, -0.25) is 9.59 Å². The van der Waals surface area contributed by atoms with E-state index in [-0.39, 0.29) is 29.9 Å². The molecule has 0 radical (unpaired) electrons. The van der Waals surface area contributed by atoms with E-state index in [0.717, 1.165) is 12.8 Å². The molecule has 2 fully saturated rings. The van der Waals surface area contributed by atoms with Crippen LogP contribution in [0.5, 0.6) is 5.75 Å². The zero-order chi connectivity index (χ0) is 21.7. The number of halogens is 2. The van der Waals surface area contributed by atoms with Crippen molar-refractivity contribution in [2.24, 2.45) is 5.92 Å². The third kappa shape index (κ3) is 6.25. The number of benzene rings is 1. The number of carbonyl (C=O) groups is 2. The monoisotopic (exact) mass is 456 g/mol. The largest absolute Gasteiger partial charge is 0.492 e. The Bertz CT molecular complexity index is 743. The summed E-state index contributed by atoms with van der Waals surface area (Å²) >= 11 is 12.0. The van der Waals surface area contributed by atoms with E-state index in [1.54, 1.807) is 18.2 Å². The lowest BCUT2D eigenvalue weighted by molar-refractivity contribution is -0.150. The minimum Gasteiger partial charge on any atom is -0.492 e. The van der Waals surface area contributed by atoms with Crippen LogP contribution in [0.25, 0.3) is 0 Å². The van der Waals surface area contributed by atoms with Gasteiger partial charge in [0.05, 0.1) is 23.8 Å². The Morgan fingerprint density at radius 1 is 1.10 bits per heavy atom. The molecular weight excluding hydrogens is 427 g/mol. The van der Waals surface area contributed by atoms with Crippen LogP contribution in [-0.4, -0.2) is 66.6 Å². The molecule has 30 heavy (non-hydrogen) atoms. The first-order chi connectivity index (χ1) is 14.3. The molecule has 0 aliphatic carbocycles. The molecule has 1 aromatic rings. The lowest BCUT2D eigenvalue weighted by atomic mass is 9.94. The minimum atomic E-state index is 0.00179. The molecule has 2 heterocycles. The van der Waals surface area contributed by atoms with Gasteiger partial charge in [0.1, 0.15) is 5.75 Å². The first kappa shape index (κ1) is 23.2. The summed E-state index contributed by atoms with van der Waals surface area (Å²) < 4.78 is 11.4. The van der Waals surface area contributed by atoms with Crippen molar-refractivity contribution in [1.29, 1.82) is 0 Å². The van der Waals surface area contributed by atoms with Crippen LogP contribution in [0.3, 0.4) is 0 Å². The van der Waals surface area contributed by atoms with E-state index in [0.29, 0.717) is 61.4 Å². The summed E-state index contributed by atoms with van der Waals surface area (Å²) in [5.74, 6) is 0.888. The Hall–Kier alpha value is -1.50.